The molecular formula is C13H10ClN3S2. The number of hydrogen-bond acceptors (Lipinski definition) is 5. The van der Waals surface area contributed by atoms with Gasteiger partial charge in [0.2, 0.25) is 5.95 Å². The third-order valence-electron chi connectivity index (χ3n) is 2.60. The molecule has 19 heavy (non-hydrogen) atoms. The first-order chi connectivity index (χ1) is 9.22. The molecule has 0 aliphatic heterocycles. The Morgan fingerprint density at radius 3 is 2.74 bits per heavy atom. The van der Waals surface area contributed by atoms with Gasteiger partial charge in [-0.3, -0.25) is 0 Å². The number of nitrogens with two attached hydrogens (primary N) is 1. The SMILES string of the molecule is Nc1nc(SCc2ccc(Cl)cc2)c2ccsc2n1. The molecule has 0 unspecified atom stereocenters. The minimum absolute atomic E-state index is 0.327. The minimum Gasteiger partial charge on any atom is -0.368 e. The topological polar surface area (TPSA) is 51.8 Å². The first-order valence-electron chi connectivity index (χ1n) is 5.60. The Kier molecular flexibility index (Phi) is 3.59. The van der Waals surface area contributed by atoms with Gasteiger partial charge in [0.25, 0.3) is 0 Å². The number of rotatable bonds is 3. The van der Waals surface area contributed by atoms with E-state index in [1.165, 1.54) is 5.56 Å². The molecule has 3 aromatic rings. The molecule has 0 amide bonds. The highest BCUT2D eigenvalue weighted by Gasteiger charge is 2.08. The van der Waals surface area contributed by atoms with Crippen LogP contribution in [0.25, 0.3) is 10.2 Å². The van der Waals surface area contributed by atoms with Crippen molar-refractivity contribution >= 4 is 50.9 Å². The zero-order valence-electron chi connectivity index (χ0n) is 9.84. The largest absolute Gasteiger partial charge is 0.368 e. The number of halogens is 1. The third-order valence-corrected chi connectivity index (χ3v) is 4.72. The van der Waals surface area contributed by atoms with E-state index in [1.807, 2.05) is 35.7 Å². The molecular weight excluding hydrogens is 298 g/mol. The van der Waals surface area contributed by atoms with E-state index >= 15 is 0 Å². The summed E-state index contributed by atoms with van der Waals surface area (Å²) in [6.07, 6.45) is 0. The van der Waals surface area contributed by atoms with Gasteiger partial charge < -0.3 is 5.73 Å². The molecule has 2 heterocycles. The smallest absolute Gasteiger partial charge is 0.222 e. The highest BCUT2D eigenvalue weighted by Crippen LogP contribution is 2.31. The number of fused-ring (bicyclic) bond motifs is 1. The molecule has 0 bridgehead atoms. The summed E-state index contributed by atoms with van der Waals surface area (Å²) in [6, 6.07) is 9.86. The molecule has 0 radical (unpaired) electrons. The molecule has 0 spiro atoms. The Morgan fingerprint density at radius 1 is 1.16 bits per heavy atom. The second-order valence-corrected chi connectivity index (χ2v) is 6.24. The Hall–Kier alpha value is -1.30. The van der Waals surface area contributed by atoms with E-state index in [0.29, 0.717) is 5.95 Å². The van der Waals surface area contributed by atoms with Gasteiger partial charge in [0.05, 0.1) is 0 Å². The van der Waals surface area contributed by atoms with Crippen LogP contribution in [0.2, 0.25) is 5.02 Å². The van der Waals surface area contributed by atoms with Crippen molar-refractivity contribution in [1.29, 1.82) is 0 Å². The van der Waals surface area contributed by atoms with Crippen LogP contribution in [0, 0.1) is 0 Å². The van der Waals surface area contributed by atoms with E-state index in [0.717, 1.165) is 26.0 Å². The van der Waals surface area contributed by atoms with Gasteiger partial charge in [0.15, 0.2) is 0 Å². The monoisotopic (exact) mass is 307 g/mol. The minimum atomic E-state index is 0.327. The summed E-state index contributed by atoms with van der Waals surface area (Å²) in [5.74, 6) is 1.16. The highest BCUT2D eigenvalue weighted by atomic mass is 35.5. The lowest BCUT2D eigenvalue weighted by atomic mass is 10.2. The predicted molar refractivity (Wildman–Crippen MR) is 82.8 cm³/mol. The Labute approximate surface area is 123 Å². The molecule has 3 nitrogen and oxygen atoms in total. The van der Waals surface area contributed by atoms with E-state index in [2.05, 4.69) is 9.97 Å². The zero-order chi connectivity index (χ0) is 13.2. The lowest BCUT2D eigenvalue weighted by Gasteiger charge is -2.04. The van der Waals surface area contributed by atoms with Crippen LogP contribution in [0.4, 0.5) is 5.95 Å². The van der Waals surface area contributed by atoms with Gasteiger partial charge in [-0.05, 0) is 29.1 Å². The van der Waals surface area contributed by atoms with Crippen LogP contribution >= 0.6 is 34.7 Å². The average molecular weight is 308 g/mol. The van der Waals surface area contributed by atoms with Crippen LogP contribution in [0.15, 0.2) is 40.7 Å². The highest BCUT2D eigenvalue weighted by molar-refractivity contribution is 7.98. The third kappa shape index (κ3) is 2.83. The molecule has 3 rings (SSSR count). The van der Waals surface area contributed by atoms with Gasteiger partial charge in [-0.15, -0.1) is 23.1 Å². The lowest BCUT2D eigenvalue weighted by Crippen LogP contribution is -1.95. The van der Waals surface area contributed by atoms with Crippen LogP contribution in [0.3, 0.4) is 0 Å². The number of nitrogens with zero attached hydrogens (tertiary/aromatic N) is 2. The summed E-state index contributed by atoms with van der Waals surface area (Å²) in [6.45, 7) is 0. The Morgan fingerprint density at radius 2 is 1.95 bits per heavy atom. The summed E-state index contributed by atoms with van der Waals surface area (Å²) < 4.78 is 0. The van der Waals surface area contributed by atoms with E-state index < -0.39 is 0 Å². The Balaban J connectivity index is 1.85. The van der Waals surface area contributed by atoms with Crippen molar-refractivity contribution < 1.29 is 0 Å². The van der Waals surface area contributed by atoms with Crippen molar-refractivity contribution in [3.05, 3.63) is 46.3 Å². The summed E-state index contributed by atoms with van der Waals surface area (Å²) in [5, 5.41) is 4.75. The molecule has 0 atom stereocenters. The van der Waals surface area contributed by atoms with Crippen LogP contribution in [0.5, 0.6) is 0 Å². The van der Waals surface area contributed by atoms with E-state index in [1.54, 1.807) is 23.1 Å². The van der Waals surface area contributed by atoms with Crippen LogP contribution in [-0.4, -0.2) is 9.97 Å². The second kappa shape index (κ2) is 5.36. The number of thioether (sulfide) groups is 1. The van der Waals surface area contributed by atoms with Crippen molar-refractivity contribution in [2.75, 3.05) is 5.73 Å². The summed E-state index contributed by atoms with van der Waals surface area (Å²) in [4.78, 5) is 9.47. The van der Waals surface area contributed by atoms with Crippen molar-refractivity contribution in [1.82, 2.24) is 9.97 Å². The van der Waals surface area contributed by atoms with Gasteiger partial charge in [0.1, 0.15) is 9.86 Å². The van der Waals surface area contributed by atoms with Crippen LogP contribution in [-0.2, 0) is 5.75 Å². The number of anilines is 1. The predicted octanol–water partition coefficient (Wildman–Crippen LogP) is 4.22. The van der Waals surface area contributed by atoms with Gasteiger partial charge >= 0.3 is 0 Å². The molecule has 0 aliphatic rings. The summed E-state index contributed by atoms with van der Waals surface area (Å²) in [5.41, 5.74) is 6.93. The maximum Gasteiger partial charge on any atom is 0.222 e. The molecule has 6 heteroatoms. The number of aromatic nitrogens is 2. The average Bonchev–Trinajstić information content (AvgIpc) is 2.85. The molecule has 0 saturated carbocycles. The molecule has 96 valence electrons. The van der Waals surface area contributed by atoms with Crippen LogP contribution in [0.1, 0.15) is 5.56 Å². The fourth-order valence-electron chi connectivity index (χ4n) is 1.69. The number of thiophene rings is 1. The van der Waals surface area contributed by atoms with Gasteiger partial charge in [-0.2, -0.15) is 0 Å². The van der Waals surface area contributed by atoms with Crippen molar-refractivity contribution in [3.8, 4) is 0 Å². The second-order valence-electron chi connectivity index (χ2n) is 3.94. The lowest BCUT2D eigenvalue weighted by molar-refractivity contribution is 1.12. The van der Waals surface area contributed by atoms with Crippen molar-refractivity contribution in [2.45, 2.75) is 10.8 Å². The zero-order valence-corrected chi connectivity index (χ0v) is 12.2. The molecule has 2 N–H and O–H groups in total. The van der Waals surface area contributed by atoms with Gasteiger partial charge in [-0.1, -0.05) is 23.7 Å². The van der Waals surface area contributed by atoms with E-state index in [4.69, 9.17) is 17.3 Å². The van der Waals surface area contributed by atoms with Crippen LogP contribution < -0.4 is 5.73 Å². The number of nitrogen functional groups attached to an aromatic ring is 1. The van der Waals surface area contributed by atoms with Gasteiger partial charge in [-0.25, -0.2) is 9.97 Å². The first kappa shape index (κ1) is 12.7. The molecule has 0 saturated heterocycles. The molecule has 0 aliphatic carbocycles. The first-order valence-corrected chi connectivity index (χ1v) is 7.84. The van der Waals surface area contributed by atoms with Gasteiger partial charge in [0, 0.05) is 16.2 Å². The normalized spacial score (nSPS) is 11.0. The fraction of sp³-hybridized carbons (Fsp3) is 0.0769. The Bertz CT molecular complexity index is 709. The maximum absolute atomic E-state index is 5.87. The van der Waals surface area contributed by atoms with Crippen molar-refractivity contribution in [3.63, 3.8) is 0 Å². The van der Waals surface area contributed by atoms with Crippen molar-refractivity contribution in [2.24, 2.45) is 0 Å². The number of hydrogen-bond donors (Lipinski definition) is 1. The maximum atomic E-state index is 5.87. The standard InChI is InChI=1S/C13H10ClN3S2/c14-9-3-1-8(2-4-9)7-19-12-10-5-6-18-11(10)16-13(15)17-12/h1-6H,7H2,(H2,15,16,17). The summed E-state index contributed by atoms with van der Waals surface area (Å²) >= 11 is 9.11. The number of benzene rings is 1. The molecule has 2 aromatic heterocycles. The molecule has 0 fully saturated rings. The van der Waals surface area contributed by atoms with E-state index in [-0.39, 0.29) is 0 Å². The quantitative estimate of drug-likeness (QED) is 0.581. The van der Waals surface area contributed by atoms with E-state index in [9.17, 15) is 0 Å². The summed E-state index contributed by atoms with van der Waals surface area (Å²) in [7, 11) is 0. The fourth-order valence-corrected chi connectivity index (χ4v) is 3.62. The molecule has 1 aromatic carbocycles.